The molecule has 0 atom stereocenters. The molecule has 1 fully saturated rings. The predicted molar refractivity (Wildman–Crippen MR) is 92.6 cm³/mol. The maximum absolute atomic E-state index is 12.7. The van der Waals surface area contributed by atoms with Crippen LogP contribution in [0, 0.1) is 6.92 Å². The number of sulfonamides is 1. The zero-order valence-electron chi connectivity index (χ0n) is 13.4. The summed E-state index contributed by atoms with van der Waals surface area (Å²) in [4.78, 5) is 1.83. The molecule has 1 saturated heterocycles. The van der Waals surface area contributed by atoms with Gasteiger partial charge in [-0.05, 0) is 50.6 Å². The van der Waals surface area contributed by atoms with E-state index in [-0.39, 0.29) is 0 Å². The number of hydrogen-bond donors (Lipinski definition) is 1. The highest BCUT2D eigenvalue weighted by atomic mass is 79.9. The van der Waals surface area contributed by atoms with Gasteiger partial charge in [0.2, 0.25) is 10.0 Å². The standard InChI is InChI=1S/C16H23BrN2O2S/c1-13(2)6-7-18-8-10-19(11-9-18)22(20,21)15-4-5-16(17)14(3)12-15/h4-6,12H,7-11H2,1-3H3/p+1. The molecule has 1 aromatic carbocycles. The van der Waals surface area contributed by atoms with Crippen molar-refractivity contribution in [1.29, 1.82) is 0 Å². The van der Waals surface area contributed by atoms with Crippen LogP contribution in [0.5, 0.6) is 0 Å². The van der Waals surface area contributed by atoms with Gasteiger partial charge in [-0.15, -0.1) is 0 Å². The van der Waals surface area contributed by atoms with Gasteiger partial charge in [-0.2, -0.15) is 4.31 Å². The molecule has 0 spiro atoms. The van der Waals surface area contributed by atoms with Gasteiger partial charge in [0, 0.05) is 4.47 Å². The first-order chi connectivity index (χ1) is 10.3. The van der Waals surface area contributed by atoms with E-state index >= 15 is 0 Å². The van der Waals surface area contributed by atoms with E-state index in [1.165, 1.54) is 10.5 Å². The van der Waals surface area contributed by atoms with Crippen molar-refractivity contribution in [1.82, 2.24) is 4.31 Å². The maximum Gasteiger partial charge on any atom is 0.243 e. The fraction of sp³-hybridized carbons (Fsp3) is 0.500. The highest BCUT2D eigenvalue weighted by Gasteiger charge is 2.30. The summed E-state index contributed by atoms with van der Waals surface area (Å²) in [6, 6.07) is 5.22. The number of piperazine rings is 1. The lowest BCUT2D eigenvalue weighted by Gasteiger charge is -2.31. The number of hydrogen-bond acceptors (Lipinski definition) is 2. The van der Waals surface area contributed by atoms with Crippen molar-refractivity contribution in [2.45, 2.75) is 25.7 Å². The molecule has 122 valence electrons. The summed E-state index contributed by atoms with van der Waals surface area (Å²) in [5.41, 5.74) is 2.25. The second-order valence-corrected chi connectivity index (χ2v) is 8.84. The molecule has 22 heavy (non-hydrogen) atoms. The van der Waals surface area contributed by atoms with Gasteiger partial charge in [-0.1, -0.05) is 21.5 Å². The van der Waals surface area contributed by atoms with Gasteiger partial charge in [0.05, 0.1) is 37.6 Å². The number of aryl methyl sites for hydroxylation is 1. The van der Waals surface area contributed by atoms with Crippen LogP contribution in [0.3, 0.4) is 0 Å². The van der Waals surface area contributed by atoms with Crippen molar-refractivity contribution >= 4 is 26.0 Å². The molecule has 0 aliphatic carbocycles. The highest BCUT2D eigenvalue weighted by molar-refractivity contribution is 9.10. The Kier molecular flexibility index (Phi) is 5.82. The van der Waals surface area contributed by atoms with E-state index in [0.29, 0.717) is 18.0 Å². The fourth-order valence-corrected chi connectivity index (χ4v) is 4.30. The second-order valence-electron chi connectivity index (χ2n) is 6.05. The molecular formula is C16H24BrN2O2S+. The molecule has 1 aromatic rings. The lowest BCUT2D eigenvalue weighted by atomic mass is 10.2. The predicted octanol–water partition coefficient (Wildman–Crippen LogP) is 1.61. The molecule has 0 aromatic heterocycles. The Morgan fingerprint density at radius 3 is 2.50 bits per heavy atom. The van der Waals surface area contributed by atoms with Gasteiger partial charge < -0.3 is 4.90 Å². The fourth-order valence-electron chi connectivity index (χ4n) is 2.52. The van der Waals surface area contributed by atoms with Crippen molar-refractivity contribution in [3.8, 4) is 0 Å². The largest absolute Gasteiger partial charge is 0.329 e. The molecule has 2 rings (SSSR count). The van der Waals surface area contributed by atoms with Crippen LogP contribution in [0.1, 0.15) is 19.4 Å². The van der Waals surface area contributed by atoms with Gasteiger partial charge in [0.1, 0.15) is 0 Å². The average Bonchev–Trinajstić information content (AvgIpc) is 2.48. The summed E-state index contributed by atoms with van der Waals surface area (Å²) < 4.78 is 28.0. The van der Waals surface area contributed by atoms with Crippen LogP contribution in [0.15, 0.2) is 39.2 Å². The second kappa shape index (κ2) is 7.25. The van der Waals surface area contributed by atoms with Crippen LogP contribution in [0.2, 0.25) is 0 Å². The summed E-state index contributed by atoms with van der Waals surface area (Å²) in [6.07, 6.45) is 2.22. The normalized spacial score (nSPS) is 17.5. The monoisotopic (exact) mass is 387 g/mol. The number of quaternary nitrogens is 1. The summed E-state index contributed by atoms with van der Waals surface area (Å²) in [5.74, 6) is 0. The van der Waals surface area contributed by atoms with Crippen LogP contribution < -0.4 is 4.90 Å². The Morgan fingerprint density at radius 2 is 1.95 bits per heavy atom. The Bertz CT molecular complexity index is 659. The topological polar surface area (TPSA) is 41.8 Å². The summed E-state index contributed by atoms with van der Waals surface area (Å²) >= 11 is 3.41. The van der Waals surface area contributed by atoms with Gasteiger partial charge >= 0.3 is 0 Å². The molecule has 0 amide bonds. The van der Waals surface area contributed by atoms with Crippen molar-refractivity contribution in [3.63, 3.8) is 0 Å². The van der Waals surface area contributed by atoms with Crippen LogP contribution in [-0.2, 0) is 10.0 Å². The summed E-state index contributed by atoms with van der Waals surface area (Å²) in [6.45, 7) is 9.97. The minimum absolute atomic E-state index is 0.390. The molecule has 1 N–H and O–H groups in total. The van der Waals surface area contributed by atoms with Crippen molar-refractivity contribution < 1.29 is 13.3 Å². The van der Waals surface area contributed by atoms with Crippen molar-refractivity contribution in [2.24, 2.45) is 0 Å². The smallest absolute Gasteiger partial charge is 0.243 e. The van der Waals surface area contributed by atoms with E-state index in [0.717, 1.165) is 29.7 Å². The first-order valence-electron chi connectivity index (χ1n) is 7.54. The number of nitrogens with zero attached hydrogens (tertiary/aromatic N) is 1. The quantitative estimate of drug-likeness (QED) is 0.797. The minimum Gasteiger partial charge on any atom is -0.329 e. The molecule has 0 saturated carbocycles. The number of benzene rings is 1. The number of nitrogens with one attached hydrogen (secondary N) is 1. The van der Waals surface area contributed by atoms with Gasteiger partial charge in [-0.3, -0.25) is 0 Å². The van der Waals surface area contributed by atoms with E-state index in [1.54, 1.807) is 22.5 Å². The third-order valence-corrected chi connectivity index (χ3v) is 6.78. The van der Waals surface area contributed by atoms with Crippen LogP contribution in [0.4, 0.5) is 0 Å². The Labute approximate surface area is 142 Å². The third kappa shape index (κ3) is 4.19. The van der Waals surface area contributed by atoms with Crippen molar-refractivity contribution in [2.75, 3.05) is 32.7 Å². The molecule has 1 aliphatic heterocycles. The SMILES string of the molecule is CC(C)=CC[NH+]1CCN(S(=O)(=O)c2ccc(Br)c(C)c2)CC1. The van der Waals surface area contributed by atoms with Crippen LogP contribution in [0.25, 0.3) is 0 Å². The Morgan fingerprint density at radius 1 is 1.32 bits per heavy atom. The van der Waals surface area contributed by atoms with Crippen LogP contribution in [-0.4, -0.2) is 45.4 Å². The molecule has 0 radical (unpaired) electrons. The molecule has 0 bridgehead atoms. The molecule has 0 unspecified atom stereocenters. The molecule has 1 aliphatic rings. The summed E-state index contributed by atoms with van der Waals surface area (Å²) in [5, 5.41) is 0. The molecule has 4 nitrogen and oxygen atoms in total. The van der Waals surface area contributed by atoms with Crippen molar-refractivity contribution in [3.05, 3.63) is 39.9 Å². The van der Waals surface area contributed by atoms with Gasteiger partial charge in [0.15, 0.2) is 0 Å². The van der Waals surface area contributed by atoms with E-state index in [9.17, 15) is 8.42 Å². The third-order valence-electron chi connectivity index (χ3n) is 4.00. The van der Waals surface area contributed by atoms with Gasteiger partial charge in [-0.25, -0.2) is 8.42 Å². The molecular weight excluding hydrogens is 364 g/mol. The Balaban J connectivity index is 2.06. The summed E-state index contributed by atoms with van der Waals surface area (Å²) in [7, 11) is -3.37. The lowest BCUT2D eigenvalue weighted by molar-refractivity contribution is -0.897. The zero-order valence-corrected chi connectivity index (χ0v) is 15.8. The molecule has 1 heterocycles. The Hall–Kier alpha value is -0.690. The van der Waals surface area contributed by atoms with E-state index in [1.807, 2.05) is 6.92 Å². The number of halogens is 1. The van der Waals surface area contributed by atoms with E-state index in [4.69, 9.17) is 0 Å². The highest BCUT2D eigenvalue weighted by Crippen LogP contribution is 2.22. The van der Waals surface area contributed by atoms with E-state index < -0.39 is 10.0 Å². The maximum atomic E-state index is 12.7. The minimum atomic E-state index is -3.37. The average molecular weight is 388 g/mol. The molecule has 6 heteroatoms. The van der Waals surface area contributed by atoms with Crippen LogP contribution >= 0.6 is 15.9 Å². The number of allylic oxidation sites excluding steroid dienone is 1. The van der Waals surface area contributed by atoms with E-state index in [2.05, 4.69) is 35.9 Å². The zero-order chi connectivity index (χ0) is 16.3. The number of rotatable bonds is 4. The first-order valence-corrected chi connectivity index (χ1v) is 9.77. The van der Waals surface area contributed by atoms with Gasteiger partial charge in [0.25, 0.3) is 0 Å². The lowest BCUT2D eigenvalue weighted by Crippen LogP contribution is -3.14. The first kappa shape index (κ1) is 17.7.